The normalized spacial score (nSPS) is 19.8. The van der Waals surface area contributed by atoms with Gasteiger partial charge in [-0.25, -0.2) is 4.98 Å². The molecule has 1 aromatic rings. The Balaban J connectivity index is 2.21. The van der Waals surface area contributed by atoms with Gasteiger partial charge in [-0.05, 0) is 38.3 Å². The van der Waals surface area contributed by atoms with Crippen molar-refractivity contribution in [2.24, 2.45) is 10.9 Å². The first-order valence-corrected chi connectivity index (χ1v) is 7.47. The molecule has 1 aliphatic heterocycles. The summed E-state index contributed by atoms with van der Waals surface area (Å²) in [6, 6.07) is 3.72. The molecule has 1 atom stereocenters. The number of hydrogen-bond donors (Lipinski definition) is 2. The van der Waals surface area contributed by atoms with E-state index in [1.165, 1.54) is 0 Å². The van der Waals surface area contributed by atoms with Gasteiger partial charge in [-0.3, -0.25) is 0 Å². The molecule has 0 aliphatic carbocycles. The van der Waals surface area contributed by atoms with Crippen LogP contribution in [-0.2, 0) is 4.74 Å². The average molecular weight is 292 g/mol. The summed E-state index contributed by atoms with van der Waals surface area (Å²) in [5.74, 6) is 0.865. The highest BCUT2D eigenvalue weighted by Crippen LogP contribution is 2.24. The second-order valence-corrected chi connectivity index (χ2v) is 5.39. The molecular weight excluding hydrogens is 268 g/mol. The lowest BCUT2D eigenvalue weighted by molar-refractivity contribution is 0.0439. The van der Waals surface area contributed by atoms with Crippen molar-refractivity contribution in [3.05, 3.63) is 23.4 Å². The molecule has 0 radical (unpaired) electrons. The SMILES string of the molecule is CCCOC1CCCN(c2nc(C)ccc2C(N)=NO)C1. The number of rotatable bonds is 5. The van der Waals surface area contributed by atoms with Gasteiger partial charge in [-0.15, -0.1) is 0 Å². The number of aromatic nitrogens is 1. The van der Waals surface area contributed by atoms with Crippen LogP contribution in [0.1, 0.15) is 37.4 Å². The van der Waals surface area contributed by atoms with Crippen LogP contribution in [0.4, 0.5) is 5.82 Å². The van der Waals surface area contributed by atoms with Gasteiger partial charge in [0.1, 0.15) is 5.82 Å². The number of nitrogens with zero attached hydrogens (tertiary/aromatic N) is 3. The van der Waals surface area contributed by atoms with E-state index in [1.807, 2.05) is 19.1 Å². The molecular formula is C15H24N4O2. The molecule has 0 aromatic carbocycles. The van der Waals surface area contributed by atoms with Gasteiger partial charge < -0.3 is 20.6 Å². The number of hydrogen-bond acceptors (Lipinski definition) is 5. The summed E-state index contributed by atoms with van der Waals surface area (Å²) in [4.78, 5) is 6.75. The van der Waals surface area contributed by atoms with Gasteiger partial charge in [0.2, 0.25) is 0 Å². The van der Waals surface area contributed by atoms with E-state index in [0.717, 1.165) is 50.5 Å². The van der Waals surface area contributed by atoms with Crippen molar-refractivity contribution >= 4 is 11.7 Å². The molecule has 1 fully saturated rings. The number of nitrogens with two attached hydrogens (primary N) is 1. The van der Waals surface area contributed by atoms with Crippen LogP contribution in [0.25, 0.3) is 0 Å². The highest BCUT2D eigenvalue weighted by atomic mass is 16.5. The van der Waals surface area contributed by atoms with Crippen molar-refractivity contribution < 1.29 is 9.94 Å². The van der Waals surface area contributed by atoms with Crippen LogP contribution in [-0.4, -0.2) is 41.8 Å². The molecule has 1 unspecified atom stereocenters. The molecule has 1 aliphatic rings. The number of anilines is 1. The molecule has 2 heterocycles. The fourth-order valence-corrected chi connectivity index (χ4v) is 2.59. The predicted octanol–water partition coefficient (Wildman–Crippen LogP) is 1.88. The quantitative estimate of drug-likeness (QED) is 0.375. The molecule has 0 spiro atoms. The standard InChI is InChI=1S/C15H24N4O2/c1-3-9-21-12-5-4-8-19(10-12)15-13(14(16)18-20)7-6-11(2)17-15/h6-7,12,20H,3-5,8-10H2,1-2H3,(H2,16,18). The monoisotopic (exact) mass is 292 g/mol. The zero-order valence-electron chi connectivity index (χ0n) is 12.7. The van der Waals surface area contributed by atoms with Crippen LogP contribution in [0.15, 0.2) is 17.3 Å². The highest BCUT2D eigenvalue weighted by molar-refractivity contribution is 6.01. The van der Waals surface area contributed by atoms with Gasteiger partial charge in [-0.1, -0.05) is 12.1 Å². The second kappa shape index (κ2) is 7.26. The Morgan fingerprint density at radius 3 is 3.10 bits per heavy atom. The Morgan fingerprint density at radius 1 is 1.57 bits per heavy atom. The smallest absolute Gasteiger partial charge is 0.173 e. The minimum Gasteiger partial charge on any atom is -0.409 e. The maximum absolute atomic E-state index is 8.94. The van der Waals surface area contributed by atoms with Crippen LogP contribution >= 0.6 is 0 Å². The molecule has 3 N–H and O–H groups in total. The first-order valence-electron chi connectivity index (χ1n) is 7.47. The van der Waals surface area contributed by atoms with E-state index in [2.05, 4.69) is 22.0 Å². The number of piperidine rings is 1. The first-order chi connectivity index (χ1) is 10.2. The number of oxime groups is 1. The molecule has 116 valence electrons. The fourth-order valence-electron chi connectivity index (χ4n) is 2.59. The first kappa shape index (κ1) is 15.6. The zero-order valence-corrected chi connectivity index (χ0v) is 12.7. The lowest BCUT2D eigenvalue weighted by Crippen LogP contribution is -2.41. The summed E-state index contributed by atoms with van der Waals surface area (Å²) in [6.45, 7) is 6.54. The van der Waals surface area contributed by atoms with Crippen molar-refractivity contribution in [3.8, 4) is 0 Å². The van der Waals surface area contributed by atoms with Crippen LogP contribution in [0.3, 0.4) is 0 Å². The largest absolute Gasteiger partial charge is 0.409 e. The Hall–Kier alpha value is -1.82. The third-order valence-corrected chi connectivity index (χ3v) is 3.63. The Bertz CT molecular complexity index is 504. The topological polar surface area (TPSA) is 84.0 Å². The molecule has 1 aromatic heterocycles. The van der Waals surface area contributed by atoms with Gasteiger partial charge in [0.15, 0.2) is 5.84 Å². The second-order valence-electron chi connectivity index (χ2n) is 5.39. The van der Waals surface area contributed by atoms with E-state index in [1.54, 1.807) is 0 Å². The van der Waals surface area contributed by atoms with Crippen molar-refractivity contribution in [2.45, 2.75) is 39.2 Å². The molecule has 2 rings (SSSR count). The lowest BCUT2D eigenvalue weighted by atomic mass is 10.1. The third kappa shape index (κ3) is 3.85. The van der Waals surface area contributed by atoms with Crippen molar-refractivity contribution in [1.29, 1.82) is 0 Å². The van der Waals surface area contributed by atoms with Gasteiger partial charge >= 0.3 is 0 Å². The minimum atomic E-state index is 0.0918. The minimum absolute atomic E-state index is 0.0918. The summed E-state index contributed by atoms with van der Waals surface area (Å²) >= 11 is 0. The van der Waals surface area contributed by atoms with E-state index >= 15 is 0 Å². The molecule has 0 saturated carbocycles. The maximum atomic E-state index is 8.94. The lowest BCUT2D eigenvalue weighted by Gasteiger charge is -2.34. The molecule has 0 bridgehead atoms. The summed E-state index contributed by atoms with van der Waals surface area (Å²) in [7, 11) is 0. The van der Waals surface area contributed by atoms with Crippen molar-refractivity contribution in [1.82, 2.24) is 4.98 Å². The highest BCUT2D eigenvalue weighted by Gasteiger charge is 2.24. The summed E-state index contributed by atoms with van der Waals surface area (Å²) in [6.07, 6.45) is 3.37. The van der Waals surface area contributed by atoms with E-state index < -0.39 is 0 Å². The van der Waals surface area contributed by atoms with Crippen LogP contribution in [0, 0.1) is 6.92 Å². The van der Waals surface area contributed by atoms with E-state index in [-0.39, 0.29) is 11.9 Å². The Kier molecular flexibility index (Phi) is 5.38. The number of ether oxygens (including phenoxy) is 1. The molecule has 0 amide bonds. The van der Waals surface area contributed by atoms with Gasteiger partial charge in [-0.2, -0.15) is 0 Å². The van der Waals surface area contributed by atoms with Crippen molar-refractivity contribution in [2.75, 3.05) is 24.6 Å². The average Bonchev–Trinajstić information content (AvgIpc) is 2.52. The predicted molar refractivity (Wildman–Crippen MR) is 83.0 cm³/mol. The zero-order chi connectivity index (χ0) is 15.2. The van der Waals surface area contributed by atoms with Gasteiger partial charge in [0.25, 0.3) is 0 Å². The molecule has 1 saturated heterocycles. The number of pyridine rings is 1. The molecule has 6 nitrogen and oxygen atoms in total. The van der Waals surface area contributed by atoms with Gasteiger partial charge in [0, 0.05) is 25.4 Å². The Morgan fingerprint density at radius 2 is 2.38 bits per heavy atom. The third-order valence-electron chi connectivity index (χ3n) is 3.63. The number of amidine groups is 1. The fraction of sp³-hybridized carbons (Fsp3) is 0.600. The molecule has 6 heteroatoms. The summed E-state index contributed by atoms with van der Waals surface area (Å²) < 4.78 is 5.86. The molecule has 21 heavy (non-hydrogen) atoms. The van der Waals surface area contributed by atoms with Crippen LogP contribution < -0.4 is 10.6 Å². The number of aryl methyl sites for hydroxylation is 1. The van der Waals surface area contributed by atoms with Gasteiger partial charge in [0.05, 0.1) is 11.7 Å². The van der Waals surface area contributed by atoms with Crippen molar-refractivity contribution in [3.63, 3.8) is 0 Å². The summed E-state index contributed by atoms with van der Waals surface area (Å²) in [5.41, 5.74) is 7.35. The van der Waals surface area contributed by atoms with Crippen LogP contribution in [0.2, 0.25) is 0 Å². The summed E-state index contributed by atoms with van der Waals surface area (Å²) in [5, 5.41) is 12.0. The Labute approximate surface area is 125 Å². The maximum Gasteiger partial charge on any atom is 0.173 e. The van der Waals surface area contributed by atoms with E-state index in [9.17, 15) is 0 Å². The van der Waals surface area contributed by atoms with E-state index in [0.29, 0.717) is 5.56 Å². The van der Waals surface area contributed by atoms with E-state index in [4.69, 9.17) is 15.7 Å². The van der Waals surface area contributed by atoms with Crippen LogP contribution in [0.5, 0.6) is 0 Å².